The molecule has 0 aliphatic carbocycles. The molecule has 0 spiro atoms. The Balaban J connectivity index is 0.000000197. The van der Waals surface area contributed by atoms with E-state index in [0.717, 1.165) is 17.8 Å². The zero-order chi connectivity index (χ0) is 19.1. The van der Waals surface area contributed by atoms with Crippen LogP contribution in [0.3, 0.4) is 0 Å². The van der Waals surface area contributed by atoms with Crippen molar-refractivity contribution in [3.8, 4) is 0 Å². The van der Waals surface area contributed by atoms with Gasteiger partial charge in [0.1, 0.15) is 5.69 Å². The van der Waals surface area contributed by atoms with Crippen LogP contribution in [-0.4, -0.2) is 4.92 Å². The van der Waals surface area contributed by atoms with Gasteiger partial charge in [-0.15, -0.1) is 0 Å². The maximum atomic E-state index is 10.4. The van der Waals surface area contributed by atoms with Crippen LogP contribution >= 0.6 is 0 Å². The van der Waals surface area contributed by atoms with Crippen LogP contribution in [0.4, 0.5) is 22.7 Å². The van der Waals surface area contributed by atoms with Crippen LogP contribution in [0.25, 0.3) is 0 Å². The molecule has 3 aromatic carbocycles. The smallest absolute Gasteiger partial charge is 0.294 e. The van der Waals surface area contributed by atoms with Gasteiger partial charge in [0.25, 0.3) is 5.69 Å². The third kappa shape index (κ3) is 5.24. The molecule has 0 saturated heterocycles. The van der Waals surface area contributed by atoms with Crippen LogP contribution in [0, 0.1) is 17.0 Å². The van der Waals surface area contributed by atoms with Gasteiger partial charge in [-0.3, -0.25) is 10.1 Å². The Hall–Kier alpha value is -3.54. The van der Waals surface area contributed by atoms with Crippen molar-refractivity contribution in [3.05, 3.63) is 93.5 Å². The number of nitrogen functional groups attached to an aromatic ring is 3. The summed E-state index contributed by atoms with van der Waals surface area (Å²) in [4.78, 5) is 9.90. The average Bonchev–Trinajstić information content (AvgIpc) is 2.59. The highest BCUT2D eigenvalue weighted by Crippen LogP contribution is 2.24. The van der Waals surface area contributed by atoms with Gasteiger partial charge in [0.15, 0.2) is 0 Å². The van der Waals surface area contributed by atoms with E-state index in [-0.39, 0.29) is 11.4 Å². The first kappa shape index (κ1) is 18.8. The molecule has 0 bridgehead atoms. The van der Waals surface area contributed by atoms with Crippen LogP contribution in [-0.2, 0) is 6.42 Å². The summed E-state index contributed by atoms with van der Waals surface area (Å²) in [5.41, 5.74) is 21.6. The predicted molar refractivity (Wildman–Crippen MR) is 107 cm³/mol. The number of para-hydroxylation sites is 1. The molecule has 6 N–H and O–H groups in total. The molecule has 3 rings (SSSR count). The summed E-state index contributed by atoms with van der Waals surface area (Å²) in [5, 5.41) is 10.4. The molecule has 0 radical (unpaired) electrons. The van der Waals surface area contributed by atoms with Gasteiger partial charge in [-0.05, 0) is 54.8 Å². The number of hydrogen-bond acceptors (Lipinski definition) is 5. The molecule has 0 heterocycles. The van der Waals surface area contributed by atoms with Crippen molar-refractivity contribution < 1.29 is 4.92 Å². The van der Waals surface area contributed by atoms with Crippen LogP contribution in [0.15, 0.2) is 66.7 Å². The topological polar surface area (TPSA) is 121 Å². The van der Waals surface area contributed by atoms with Gasteiger partial charge < -0.3 is 17.2 Å². The summed E-state index contributed by atoms with van der Waals surface area (Å²) in [6, 6.07) is 20.8. The molecule has 0 amide bonds. The average molecular weight is 350 g/mol. The number of hydrogen-bond donors (Lipinski definition) is 3. The second kappa shape index (κ2) is 8.53. The Labute approximate surface area is 152 Å². The van der Waals surface area contributed by atoms with E-state index in [1.54, 1.807) is 19.1 Å². The van der Waals surface area contributed by atoms with Gasteiger partial charge >= 0.3 is 0 Å². The van der Waals surface area contributed by atoms with Crippen molar-refractivity contribution in [2.45, 2.75) is 13.3 Å². The minimum Gasteiger partial charge on any atom is -0.399 e. The number of aryl methyl sites for hydroxylation is 1. The predicted octanol–water partition coefficient (Wildman–Crippen LogP) is 3.93. The molecule has 0 aromatic heterocycles. The highest BCUT2D eigenvalue weighted by Gasteiger charge is 2.13. The Morgan fingerprint density at radius 2 is 1.27 bits per heavy atom. The van der Waals surface area contributed by atoms with Crippen molar-refractivity contribution in [2.75, 3.05) is 17.2 Å². The largest absolute Gasteiger partial charge is 0.399 e. The molecule has 6 nitrogen and oxygen atoms in total. The van der Waals surface area contributed by atoms with Gasteiger partial charge in [0, 0.05) is 16.9 Å². The van der Waals surface area contributed by atoms with Crippen LogP contribution in [0.2, 0.25) is 0 Å². The third-order valence-electron chi connectivity index (χ3n) is 3.82. The van der Waals surface area contributed by atoms with Gasteiger partial charge in [-0.2, -0.15) is 0 Å². The Morgan fingerprint density at radius 3 is 1.62 bits per heavy atom. The summed E-state index contributed by atoms with van der Waals surface area (Å²) in [5.74, 6) is 0. The highest BCUT2D eigenvalue weighted by atomic mass is 16.6. The minimum atomic E-state index is -0.468. The van der Waals surface area contributed by atoms with Crippen molar-refractivity contribution in [1.82, 2.24) is 0 Å². The summed E-state index contributed by atoms with van der Waals surface area (Å²) in [6.45, 7) is 1.66. The van der Waals surface area contributed by atoms with Crippen molar-refractivity contribution >= 4 is 22.7 Å². The van der Waals surface area contributed by atoms with Crippen LogP contribution in [0.5, 0.6) is 0 Å². The molecule has 3 aromatic rings. The molecule has 0 unspecified atom stereocenters. The van der Waals surface area contributed by atoms with E-state index in [9.17, 15) is 10.1 Å². The van der Waals surface area contributed by atoms with Crippen LogP contribution in [0.1, 0.15) is 16.7 Å². The first-order valence-corrected chi connectivity index (χ1v) is 8.05. The maximum Gasteiger partial charge on any atom is 0.294 e. The lowest BCUT2D eigenvalue weighted by molar-refractivity contribution is -0.384. The van der Waals surface area contributed by atoms with E-state index in [4.69, 9.17) is 17.2 Å². The fourth-order valence-corrected chi connectivity index (χ4v) is 2.44. The first-order chi connectivity index (χ1) is 12.4. The monoisotopic (exact) mass is 350 g/mol. The molecular formula is C20H22N4O2. The normalized spacial score (nSPS) is 9.88. The third-order valence-corrected chi connectivity index (χ3v) is 3.82. The fraction of sp³-hybridized carbons (Fsp3) is 0.100. The molecule has 0 atom stereocenters. The summed E-state index contributed by atoms with van der Waals surface area (Å²) < 4.78 is 0. The Bertz CT molecular complexity index is 812. The number of nitro groups is 1. The number of nitrogens with two attached hydrogens (primary N) is 3. The number of rotatable bonds is 3. The van der Waals surface area contributed by atoms with Crippen molar-refractivity contribution in [2.24, 2.45) is 0 Å². The SMILES string of the molecule is Cc1cccc(N)c1[N+](=O)[O-].Nc1ccc(Cc2ccc(N)cc2)cc1. The number of nitrogens with zero attached hydrogens (tertiary/aromatic N) is 1. The lowest BCUT2D eigenvalue weighted by Gasteiger charge is -2.02. The van der Waals surface area contributed by atoms with Crippen molar-refractivity contribution in [1.29, 1.82) is 0 Å². The number of anilines is 3. The zero-order valence-corrected chi connectivity index (χ0v) is 14.6. The van der Waals surface area contributed by atoms with Gasteiger partial charge in [-0.25, -0.2) is 0 Å². The van der Waals surface area contributed by atoms with Crippen molar-refractivity contribution in [3.63, 3.8) is 0 Å². The van der Waals surface area contributed by atoms with Gasteiger partial charge in [0.05, 0.1) is 4.92 Å². The zero-order valence-electron chi connectivity index (χ0n) is 14.6. The Kier molecular flexibility index (Phi) is 6.16. The van der Waals surface area contributed by atoms with E-state index in [0.29, 0.717) is 5.56 Å². The molecular weight excluding hydrogens is 328 g/mol. The molecule has 0 saturated carbocycles. The standard InChI is InChI=1S/C13H14N2.C7H8N2O2/c14-12-5-1-10(2-6-12)9-11-3-7-13(15)8-4-11;1-5-3-2-4-6(8)7(5)9(10)11/h1-8H,9,14-15H2;2-4H,8H2,1H3. The first-order valence-electron chi connectivity index (χ1n) is 8.05. The summed E-state index contributed by atoms with van der Waals surface area (Å²) in [7, 11) is 0. The number of nitro benzene ring substituents is 1. The molecule has 26 heavy (non-hydrogen) atoms. The van der Waals surface area contributed by atoms with E-state index in [2.05, 4.69) is 0 Å². The lowest BCUT2D eigenvalue weighted by atomic mass is 10.0. The van der Waals surface area contributed by atoms with Gasteiger partial charge in [-0.1, -0.05) is 36.4 Å². The van der Waals surface area contributed by atoms with E-state index >= 15 is 0 Å². The van der Waals surface area contributed by atoms with Gasteiger partial charge in [0.2, 0.25) is 0 Å². The molecule has 0 aliphatic heterocycles. The second-order valence-corrected chi connectivity index (χ2v) is 5.93. The van der Waals surface area contributed by atoms with Crippen LogP contribution < -0.4 is 17.2 Å². The minimum absolute atomic E-state index is 0.00694. The van der Waals surface area contributed by atoms with E-state index < -0.39 is 4.92 Å². The van der Waals surface area contributed by atoms with E-state index in [1.807, 2.05) is 48.5 Å². The molecule has 0 aliphatic rings. The molecule has 134 valence electrons. The summed E-state index contributed by atoms with van der Waals surface area (Å²) >= 11 is 0. The fourth-order valence-electron chi connectivity index (χ4n) is 2.44. The summed E-state index contributed by atoms with van der Waals surface area (Å²) in [6.07, 6.45) is 0.917. The second-order valence-electron chi connectivity index (χ2n) is 5.93. The van der Waals surface area contributed by atoms with E-state index in [1.165, 1.54) is 17.2 Å². The highest BCUT2D eigenvalue weighted by molar-refractivity contribution is 5.61. The Morgan fingerprint density at radius 1 is 0.808 bits per heavy atom. The number of benzene rings is 3. The lowest BCUT2D eigenvalue weighted by Crippen LogP contribution is -1.97. The molecule has 6 heteroatoms. The molecule has 0 fully saturated rings. The quantitative estimate of drug-likeness (QED) is 0.375. The maximum absolute atomic E-state index is 10.4.